The molecule has 2 rings (SSSR count). The molecular formula is C13H25N3O. The average Bonchev–Trinajstić information content (AvgIpc) is 2.33. The number of nitrogens with one attached hydrogen (secondary N) is 1. The van der Waals surface area contributed by atoms with E-state index in [9.17, 15) is 4.79 Å². The van der Waals surface area contributed by atoms with Gasteiger partial charge in [0.05, 0.1) is 6.04 Å². The van der Waals surface area contributed by atoms with Gasteiger partial charge >= 0.3 is 0 Å². The summed E-state index contributed by atoms with van der Waals surface area (Å²) in [5.74, 6) is 0.320. The predicted octanol–water partition coefficient (Wildman–Crippen LogP) is 0.679. The summed E-state index contributed by atoms with van der Waals surface area (Å²) in [5.41, 5.74) is 0. The Morgan fingerprint density at radius 1 is 1.29 bits per heavy atom. The molecule has 4 nitrogen and oxygen atoms in total. The standard InChI is InChI=1S/C13H25N3O/c1-10-9-11(6-8-15(10)3)16-7-4-5-12(14-2)13(16)17/h10-12,14H,4-9H2,1-3H3. The number of likely N-dealkylation sites (N-methyl/N-ethyl adjacent to an activating group) is 1. The van der Waals surface area contributed by atoms with Gasteiger partial charge < -0.3 is 15.1 Å². The molecule has 2 heterocycles. The number of hydrogen-bond acceptors (Lipinski definition) is 3. The summed E-state index contributed by atoms with van der Waals surface area (Å²) in [6.45, 7) is 4.33. The highest BCUT2D eigenvalue weighted by Gasteiger charge is 2.35. The normalized spacial score (nSPS) is 36.3. The van der Waals surface area contributed by atoms with E-state index in [2.05, 4.69) is 29.1 Å². The quantitative estimate of drug-likeness (QED) is 0.770. The van der Waals surface area contributed by atoms with Crippen LogP contribution in [-0.2, 0) is 4.79 Å². The fourth-order valence-corrected chi connectivity index (χ4v) is 3.08. The molecular weight excluding hydrogens is 214 g/mol. The third-order valence-corrected chi connectivity index (χ3v) is 4.44. The number of carbonyl (C=O) groups excluding carboxylic acids is 1. The number of piperidine rings is 2. The molecule has 0 radical (unpaired) electrons. The lowest BCUT2D eigenvalue weighted by atomic mass is 9.94. The third kappa shape index (κ3) is 2.63. The molecule has 2 saturated heterocycles. The van der Waals surface area contributed by atoms with E-state index in [1.807, 2.05) is 7.05 Å². The molecule has 3 unspecified atom stereocenters. The van der Waals surface area contributed by atoms with Crippen molar-refractivity contribution in [2.24, 2.45) is 0 Å². The van der Waals surface area contributed by atoms with Gasteiger partial charge in [-0.15, -0.1) is 0 Å². The van der Waals surface area contributed by atoms with Gasteiger partial charge in [0.25, 0.3) is 0 Å². The smallest absolute Gasteiger partial charge is 0.239 e. The molecule has 3 atom stereocenters. The number of rotatable bonds is 2. The Labute approximate surface area is 104 Å². The summed E-state index contributed by atoms with van der Waals surface area (Å²) in [7, 11) is 4.07. The van der Waals surface area contributed by atoms with E-state index in [0.29, 0.717) is 18.0 Å². The van der Waals surface area contributed by atoms with Crippen molar-refractivity contribution in [1.29, 1.82) is 0 Å². The van der Waals surface area contributed by atoms with Crippen molar-refractivity contribution in [3.8, 4) is 0 Å². The Kier molecular flexibility index (Phi) is 4.05. The van der Waals surface area contributed by atoms with Gasteiger partial charge in [-0.25, -0.2) is 0 Å². The van der Waals surface area contributed by atoms with Crippen LogP contribution in [0, 0.1) is 0 Å². The lowest BCUT2D eigenvalue weighted by Gasteiger charge is -2.43. The van der Waals surface area contributed by atoms with E-state index in [0.717, 1.165) is 38.8 Å². The number of hydrogen-bond donors (Lipinski definition) is 1. The maximum atomic E-state index is 12.3. The van der Waals surface area contributed by atoms with E-state index < -0.39 is 0 Å². The fourth-order valence-electron chi connectivity index (χ4n) is 3.08. The van der Waals surface area contributed by atoms with Crippen molar-refractivity contribution in [2.75, 3.05) is 27.2 Å². The highest BCUT2D eigenvalue weighted by molar-refractivity contribution is 5.82. The Morgan fingerprint density at radius 3 is 2.71 bits per heavy atom. The number of nitrogens with zero attached hydrogens (tertiary/aromatic N) is 2. The molecule has 0 aromatic rings. The molecule has 1 N–H and O–H groups in total. The third-order valence-electron chi connectivity index (χ3n) is 4.44. The minimum atomic E-state index is 0.0544. The summed E-state index contributed by atoms with van der Waals surface area (Å²) >= 11 is 0. The van der Waals surface area contributed by atoms with Gasteiger partial charge in [0.2, 0.25) is 5.91 Å². The van der Waals surface area contributed by atoms with Crippen LogP contribution in [0.15, 0.2) is 0 Å². The zero-order valence-electron chi connectivity index (χ0n) is 11.3. The maximum Gasteiger partial charge on any atom is 0.239 e. The molecule has 1 amide bonds. The number of amides is 1. The van der Waals surface area contributed by atoms with Crippen molar-refractivity contribution in [3.05, 3.63) is 0 Å². The Morgan fingerprint density at radius 2 is 2.06 bits per heavy atom. The summed E-state index contributed by atoms with van der Waals surface area (Å²) in [5, 5.41) is 3.14. The van der Waals surface area contributed by atoms with E-state index in [1.165, 1.54) is 0 Å². The van der Waals surface area contributed by atoms with Gasteiger partial charge in [-0.2, -0.15) is 0 Å². The summed E-state index contributed by atoms with van der Waals surface area (Å²) in [4.78, 5) is 16.8. The summed E-state index contributed by atoms with van der Waals surface area (Å²) in [6.07, 6.45) is 4.38. The first kappa shape index (κ1) is 12.8. The van der Waals surface area contributed by atoms with Gasteiger partial charge in [-0.3, -0.25) is 4.79 Å². The topological polar surface area (TPSA) is 35.6 Å². The van der Waals surface area contributed by atoms with Crippen LogP contribution < -0.4 is 5.32 Å². The molecule has 0 spiro atoms. The van der Waals surface area contributed by atoms with Crippen molar-refractivity contribution < 1.29 is 4.79 Å². The lowest BCUT2D eigenvalue weighted by Crippen LogP contribution is -2.56. The number of likely N-dealkylation sites (tertiary alicyclic amines) is 2. The molecule has 0 aromatic heterocycles. The zero-order chi connectivity index (χ0) is 12.4. The minimum absolute atomic E-state index is 0.0544. The second kappa shape index (κ2) is 5.36. The molecule has 0 bridgehead atoms. The van der Waals surface area contributed by atoms with Gasteiger partial charge in [0.1, 0.15) is 0 Å². The van der Waals surface area contributed by atoms with Crippen LogP contribution in [-0.4, -0.2) is 61.0 Å². The average molecular weight is 239 g/mol. The van der Waals surface area contributed by atoms with E-state index in [4.69, 9.17) is 0 Å². The van der Waals surface area contributed by atoms with Crippen molar-refractivity contribution in [1.82, 2.24) is 15.1 Å². The molecule has 0 aromatic carbocycles. The van der Waals surface area contributed by atoms with Crippen molar-refractivity contribution in [3.63, 3.8) is 0 Å². The van der Waals surface area contributed by atoms with Gasteiger partial charge in [0.15, 0.2) is 0 Å². The SMILES string of the molecule is CNC1CCCN(C2CCN(C)C(C)C2)C1=O. The van der Waals surface area contributed by atoms with Crippen LogP contribution in [0.3, 0.4) is 0 Å². The Hall–Kier alpha value is -0.610. The fraction of sp³-hybridized carbons (Fsp3) is 0.923. The molecule has 4 heteroatoms. The van der Waals surface area contributed by atoms with Crippen molar-refractivity contribution in [2.45, 2.75) is 50.7 Å². The van der Waals surface area contributed by atoms with E-state index >= 15 is 0 Å². The van der Waals surface area contributed by atoms with Gasteiger partial charge in [-0.05, 0) is 46.7 Å². The maximum absolute atomic E-state index is 12.3. The molecule has 2 aliphatic rings. The van der Waals surface area contributed by atoms with Crippen LogP contribution in [0.25, 0.3) is 0 Å². The predicted molar refractivity (Wildman–Crippen MR) is 68.9 cm³/mol. The number of carbonyl (C=O) groups is 1. The first-order chi connectivity index (χ1) is 8.13. The highest BCUT2D eigenvalue weighted by atomic mass is 16.2. The van der Waals surface area contributed by atoms with Gasteiger partial charge in [-0.1, -0.05) is 0 Å². The zero-order valence-corrected chi connectivity index (χ0v) is 11.3. The summed E-state index contributed by atoms with van der Waals surface area (Å²) < 4.78 is 0. The van der Waals surface area contributed by atoms with Gasteiger partial charge in [0, 0.05) is 25.2 Å². The van der Waals surface area contributed by atoms with Crippen LogP contribution in [0.2, 0.25) is 0 Å². The Bertz CT molecular complexity index is 282. The second-order valence-corrected chi connectivity index (χ2v) is 5.52. The molecule has 0 aliphatic carbocycles. The molecule has 98 valence electrons. The monoisotopic (exact) mass is 239 g/mol. The Balaban J connectivity index is 1.99. The minimum Gasteiger partial charge on any atom is -0.338 e. The first-order valence-corrected chi connectivity index (χ1v) is 6.81. The molecule has 2 fully saturated rings. The molecule has 2 aliphatic heterocycles. The van der Waals surface area contributed by atoms with E-state index in [1.54, 1.807) is 0 Å². The molecule has 0 saturated carbocycles. The van der Waals surface area contributed by atoms with Crippen LogP contribution in [0.1, 0.15) is 32.6 Å². The largest absolute Gasteiger partial charge is 0.338 e. The van der Waals surface area contributed by atoms with E-state index in [-0.39, 0.29) is 6.04 Å². The van der Waals surface area contributed by atoms with Crippen LogP contribution in [0.5, 0.6) is 0 Å². The van der Waals surface area contributed by atoms with Crippen molar-refractivity contribution >= 4 is 5.91 Å². The first-order valence-electron chi connectivity index (χ1n) is 6.81. The lowest BCUT2D eigenvalue weighted by molar-refractivity contribution is -0.139. The summed E-state index contributed by atoms with van der Waals surface area (Å²) in [6, 6.07) is 1.11. The molecule has 17 heavy (non-hydrogen) atoms. The second-order valence-electron chi connectivity index (χ2n) is 5.52. The van der Waals surface area contributed by atoms with Crippen LogP contribution in [0.4, 0.5) is 0 Å². The highest BCUT2D eigenvalue weighted by Crippen LogP contribution is 2.24. The van der Waals surface area contributed by atoms with Crippen LogP contribution >= 0.6 is 0 Å².